The van der Waals surface area contributed by atoms with E-state index in [1.54, 1.807) is 17.0 Å². The van der Waals surface area contributed by atoms with Crippen LogP contribution >= 0.6 is 0 Å². The highest BCUT2D eigenvalue weighted by atomic mass is 19.1. The normalized spacial score (nSPS) is 31.4. The van der Waals surface area contributed by atoms with Crippen LogP contribution in [0.15, 0.2) is 24.3 Å². The number of ether oxygens (including phenoxy) is 1. The topological polar surface area (TPSA) is 72.9 Å². The number of carboxylic acids is 1. The summed E-state index contributed by atoms with van der Waals surface area (Å²) in [5.74, 6) is -3.06. The molecule has 3 aliphatic heterocycles. The van der Waals surface area contributed by atoms with Crippen molar-refractivity contribution in [3.63, 3.8) is 0 Å². The Morgan fingerprint density at radius 2 is 1.60 bits per heavy atom. The molecule has 0 aromatic heterocycles. The first-order valence-corrected chi connectivity index (χ1v) is 8.70. The number of carbonyl (C=O) groups is 2. The predicted octanol–water partition coefficient (Wildman–Crippen LogP) is 0.0178. The number of carbonyl (C=O) groups excluding carboxylic acids is 2. The number of amides is 1. The predicted molar refractivity (Wildman–Crippen MR) is 85.1 cm³/mol. The number of aliphatic carboxylic acids is 1. The first-order chi connectivity index (χ1) is 12.0. The van der Waals surface area contributed by atoms with Crippen molar-refractivity contribution in [2.75, 3.05) is 31.1 Å². The number of fused-ring (bicyclic) bond motifs is 2. The van der Waals surface area contributed by atoms with Gasteiger partial charge in [-0.25, -0.2) is 4.39 Å². The Morgan fingerprint density at radius 3 is 2.20 bits per heavy atom. The second-order valence-electron chi connectivity index (χ2n) is 6.95. The Morgan fingerprint density at radius 1 is 1.00 bits per heavy atom. The van der Waals surface area contributed by atoms with Gasteiger partial charge in [0.15, 0.2) is 0 Å². The van der Waals surface area contributed by atoms with Crippen LogP contribution in [0.2, 0.25) is 0 Å². The fraction of sp³-hybridized carbons (Fsp3) is 0.556. The van der Waals surface area contributed by atoms with Crippen molar-refractivity contribution in [1.29, 1.82) is 0 Å². The monoisotopic (exact) mass is 347 g/mol. The van der Waals surface area contributed by atoms with Crippen molar-refractivity contribution in [3.05, 3.63) is 30.1 Å². The van der Waals surface area contributed by atoms with Gasteiger partial charge in [-0.3, -0.25) is 4.79 Å². The highest BCUT2D eigenvalue weighted by Crippen LogP contribution is 2.44. The minimum absolute atomic E-state index is 0.139. The van der Waals surface area contributed by atoms with Crippen LogP contribution in [-0.2, 0) is 14.3 Å². The average molecular weight is 347 g/mol. The van der Waals surface area contributed by atoms with Crippen LogP contribution in [0.5, 0.6) is 0 Å². The lowest BCUT2D eigenvalue weighted by Crippen LogP contribution is -2.54. The molecule has 6 nitrogen and oxygen atoms in total. The Bertz CT molecular complexity index is 672. The number of carboxylic acid groups (broad SMARTS) is 1. The molecule has 25 heavy (non-hydrogen) atoms. The van der Waals surface area contributed by atoms with Gasteiger partial charge in [0.1, 0.15) is 5.82 Å². The fourth-order valence-electron chi connectivity index (χ4n) is 4.34. The smallest absolute Gasteiger partial charge is 0.229 e. The first kappa shape index (κ1) is 16.3. The van der Waals surface area contributed by atoms with Gasteiger partial charge in [-0.1, -0.05) is 0 Å². The lowest BCUT2D eigenvalue weighted by Gasteiger charge is -2.39. The second-order valence-corrected chi connectivity index (χ2v) is 6.95. The number of benzene rings is 1. The maximum atomic E-state index is 13.0. The number of piperazine rings is 1. The van der Waals surface area contributed by atoms with E-state index in [4.69, 9.17) is 4.74 Å². The zero-order valence-electron chi connectivity index (χ0n) is 13.8. The van der Waals surface area contributed by atoms with Gasteiger partial charge in [-0.2, -0.15) is 0 Å². The molecule has 134 valence electrons. The van der Waals surface area contributed by atoms with Crippen LogP contribution in [-0.4, -0.2) is 55.2 Å². The molecule has 7 heteroatoms. The molecule has 1 aromatic carbocycles. The van der Waals surface area contributed by atoms with Gasteiger partial charge in [0.25, 0.3) is 0 Å². The quantitative estimate of drug-likeness (QED) is 0.771. The van der Waals surface area contributed by atoms with Gasteiger partial charge >= 0.3 is 0 Å². The molecule has 3 aliphatic rings. The summed E-state index contributed by atoms with van der Waals surface area (Å²) in [5.41, 5.74) is 0.921. The molecule has 4 rings (SSSR count). The number of rotatable bonds is 3. The number of nitrogens with zero attached hydrogens (tertiary/aromatic N) is 2. The van der Waals surface area contributed by atoms with E-state index >= 15 is 0 Å². The van der Waals surface area contributed by atoms with Crippen molar-refractivity contribution in [2.45, 2.75) is 25.0 Å². The maximum absolute atomic E-state index is 13.0. The summed E-state index contributed by atoms with van der Waals surface area (Å²) in [5, 5.41) is 11.5. The van der Waals surface area contributed by atoms with Crippen LogP contribution in [0.1, 0.15) is 12.8 Å². The minimum atomic E-state index is -1.18. The molecule has 3 heterocycles. The summed E-state index contributed by atoms with van der Waals surface area (Å²) in [6.07, 6.45) is 0.742. The molecular formula is C18H20FN2O4-. The molecule has 0 spiro atoms. The van der Waals surface area contributed by atoms with Crippen LogP contribution in [0.3, 0.4) is 0 Å². The molecule has 2 bridgehead atoms. The molecular weight excluding hydrogens is 327 g/mol. The molecule has 0 N–H and O–H groups in total. The Kier molecular flexibility index (Phi) is 4.11. The van der Waals surface area contributed by atoms with E-state index in [0.717, 1.165) is 12.1 Å². The number of anilines is 1. The van der Waals surface area contributed by atoms with E-state index in [1.165, 1.54) is 12.1 Å². The summed E-state index contributed by atoms with van der Waals surface area (Å²) < 4.78 is 18.7. The number of hydrogen-bond donors (Lipinski definition) is 0. The van der Waals surface area contributed by atoms with Crippen LogP contribution in [0.25, 0.3) is 0 Å². The van der Waals surface area contributed by atoms with E-state index in [-0.39, 0.29) is 23.9 Å². The van der Waals surface area contributed by atoms with E-state index in [1.807, 2.05) is 0 Å². The fourth-order valence-corrected chi connectivity index (χ4v) is 4.34. The van der Waals surface area contributed by atoms with Gasteiger partial charge in [-0.05, 0) is 37.1 Å². The first-order valence-electron chi connectivity index (χ1n) is 8.70. The summed E-state index contributed by atoms with van der Waals surface area (Å²) >= 11 is 0. The van der Waals surface area contributed by atoms with Gasteiger partial charge in [-0.15, -0.1) is 0 Å². The van der Waals surface area contributed by atoms with Crippen molar-refractivity contribution >= 4 is 17.6 Å². The second kappa shape index (κ2) is 6.29. The third-order valence-corrected chi connectivity index (χ3v) is 5.61. The third-order valence-electron chi connectivity index (χ3n) is 5.61. The molecule has 0 aliphatic carbocycles. The van der Waals surface area contributed by atoms with Crippen LogP contribution < -0.4 is 10.0 Å². The van der Waals surface area contributed by atoms with Crippen molar-refractivity contribution in [1.82, 2.24) is 4.90 Å². The number of halogens is 1. The molecule has 3 fully saturated rings. The van der Waals surface area contributed by atoms with Crippen LogP contribution in [0, 0.1) is 17.7 Å². The Labute approximate surface area is 145 Å². The van der Waals surface area contributed by atoms with Crippen molar-refractivity contribution < 1.29 is 23.8 Å². The van der Waals surface area contributed by atoms with Crippen molar-refractivity contribution in [2.24, 2.45) is 11.8 Å². The Hall–Kier alpha value is -2.15. The minimum Gasteiger partial charge on any atom is -0.550 e. The Balaban J connectivity index is 1.41. The highest BCUT2D eigenvalue weighted by Gasteiger charge is 2.53. The lowest BCUT2D eigenvalue weighted by atomic mass is 9.78. The molecule has 4 atom stereocenters. The zero-order valence-corrected chi connectivity index (χ0v) is 13.8. The van der Waals surface area contributed by atoms with E-state index in [0.29, 0.717) is 32.6 Å². The van der Waals surface area contributed by atoms with Gasteiger partial charge in [0, 0.05) is 43.8 Å². The summed E-state index contributed by atoms with van der Waals surface area (Å²) in [6.45, 7) is 2.30. The standard InChI is InChI=1S/C18H21FN2O4/c19-11-1-3-12(4-2-11)20-7-9-21(10-8-20)17(22)15-13-5-6-14(25-13)16(15)18(23)24/h1-4,13-16H,5-10H2,(H,23,24)/p-1. The van der Waals surface area contributed by atoms with Gasteiger partial charge < -0.3 is 24.4 Å². The van der Waals surface area contributed by atoms with Gasteiger partial charge in [0.05, 0.1) is 18.1 Å². The van der Waals surface area contributed by atoms with Crippen LogP contribution in [0.4, 0.5) is 10.1 Å². The molecule has 3 saturated heterocycles. The molecule has 1 aromatic rings. The highest BCUT2D eigenvalue weighted by molar-refractivity contribution is 5.86. The maximum Gasteiger partial charge on any atom is 0.229 e. The van der Waals surface area contributed by atoms with E-state index in [9.17, 15) is 19.1 Å². The molecule has 4 unspecified atom stereocenters. The molecule has 0 saturated carbocycles. The van der Waals surface area contributed by atoms with E-state index in [2.05, 4.69) is 4.90 Å². The van der Waals surface area contributed by atoms with E-state index < -0.39 is 17.8 Å². The number of hydrogen-bond acceptors (Lipinski definition) is 5. The molecule has 0 radical (unpaired) electrons. The largest absolute Gasteiger partial charge is 0.550 e. The lowest BCUT2D eigenvalue weighted by molar-refractivity contribution is -0.314. The summed E-state index contributed by atoms with van der Waals surface area (Å²) in [7, 11) is 0. The average Bonchev–Trinajstić information content (AvgIpc) is 3.23. The molecule has 1 amide bonds. The zero-order chi connectivity index (χ0) is 17.6. The summed E-state index contributed by atoms with van der Waals surface area (Å²) in [6, 6.07) is 6.29. The SMILES string of the molecule is O=C([O-])C1C2CCC(O2)C1C(=O)N1CCN(c2ccc(F)cc2)CC1. The van der Waals surface area contributed by atoms with Gasteiger partial charge in [0.2, 0.25) is 5.91 Å². The summed E-state index contributed by atoms with van der Waals surface area (Å²) in [4.78, 5) is 28.2. The third kappa shape index (κ3) is 2.86. The van der Waals surface area contributed by atoms with Crippen molar-refractivity contribution in [3.8, 4) is 0 Å².